The van der Waals surface area contributed by atoms with Gasteiger partial charge in [0.1, 0.15) is 0 Å². The summed E-state index contributed by atoms with van der Waals surface area (Å²) in [5.74, 6) is 0. The molecule has 1 fully saturated rings. The molecule has 0 aromatic heterocycles. The maximum Gasteiger partial charge on any atom is 0.269 e. The third-order valence-electron chi connectivity index (χ3n) is 3.40. The van der Waals surface area contributed by atoms with E-state index in [0.29, 0.717) is 0 Å². The first kappa shape index (κ1) is 14.9. The molecule has 0 aliphatic carbocycles. The van der Waals surface area contributed by atoms with Crippen molar-refractivity contribution < 1.29 is 13.3 Å². The monoisotopic (exact) mass is 299 g/mol. The predicted molar refractivity (Wildman–Crippen MR) is 73.9 cm³/mol. The number of hydrogen-bond donors (Lipinski definition) is 1. The maximum absolute atomic E-state index is 12.2. The van der Waals surface area contributed by atoms with Crippen LogP contribution >= 0.6 is 0 Å². The van der Waals surface area contributed by atoms with Crippen LogP contribution in [0.4, 0.5) is 5.69 Å². The van der Waals surface area contributed by atoms with E-state index in [1.165, 1.54) is 24.3 Å². The fraction of sp³-hybridized carbons (Fsp3) is 0.500. The molecule has 0 spiro atoms. The van der Waals surface area contributed by atoms with Crippen molar-refractivity contribution >= 4 is 15.7 Å². The smallest absolute Gasteiger partial charge is 0.269 e. The number of nitrogens with zero attached hydrogens (tertiary/aromatic N) is 2. The third-order valence-corrected chi connectivity index (χ3v) is 4.93. The summed E-state index contributed by atoms with van der Waals surface area (Å²) in [4.78, 5) is 12.2. The van der Waals surface area contributed by atoms with Gasteiger partial charge in [0, 0.05) is 18.2 Å². The topological polar surface area (TPSA) is 92.6 Å². The van der Waals surface area contributed by atoms with Crippen LogP contribution < -0.4 is 4.72 Å². The van der Waals surface area contributed by atoms with Crippen LogP contribution in [0.25, 0.3) is 0 Å². The van der Waals surface area contributed by atoms with Gasteiger partial charge in [-0.25, -0.2) is 13.1 Å². The van der Waals surface area contributed by atoms with Gasteiger partial charge in [-0.2, -0.15) is 0 Å². The van der Waals surface area contributed by atoms with Crippen LogP contribution in [0.5, 0.6) is 0 Å². The molecule has 0 unspecified atom stereocenters. The highest BCUT2D eigenvalue weighted by Gasteiger charge is 2.23. The van der Waals surface area contributed by atoms with Crippen molar-refractivity contribution in [2.75, 3.05) is 20.1 Å². The first-order valence-electron chi connectivity index (χ1n) is 6.34. The van der Waals surface area contributed by atoms with Crippen molar-refractivity contribution in [1.82, 2.24) is 9.62 Å². The molecule has 7 nitrogen and oxygen atoms in total. The van der Waals surface area contributed by atoms with E-state index in [1.807, 2.05) is 7.05 Å². The van der Waals surface area contributed by atoms with Gasteiger partial charge in [-0.3, -0.25) is 10.1 Å². The quantitative estimate of drug-likeness (QED) is 0.660. The molecular formula is C12H17N3O4S. The molecule has 1 aliphatic rings. The third kappa shape index (κ3) is 3.53. The zero-order valence-electron chi connectivity index (χ0n) is 11.2. The molecule has 1 aromatic carbocycles. The van der Waals surface area contributed by atoms with E-state index < -0.39 is 14.9 Å². The average Bonchev–Trinajstić information content (AvgIpc) is 2.41. The van der Waals surface area contributed by atoms with Crippen molar-refractivity contribution in [2.45, 2.75) is 23.8 Å². The number of nitrogens with one attached hydrogen (secondary N) is 1. The molecule has 1 heterocycles. The SMILES string of the molecule is CN1CCC(NS(=O)(=O)c2ccc([N+](=O)[O-])cc2)CC1. The largest absolute Gasteiger partial charge is 0.306 e. The average molecular weight is 299 g/mol. The number of nitro groups is 1. The molecule has 0 saturated carbocycles. The minimum absolute atomic E-state index is 0.0574. The van der Waals surface area contributed by atoms with Crippen molar-refractivity contribution in [3.05, 3.63) is 34.4 Å². The second-order valence-corrected chi connectivity index (χ2v) is 6.66. The molecule has 110 valence electrons. The Morgan fingerprint density at radius 1 is 1.25 bits per heavy atom. The molecular weight excluding hydrogens is 282 g/mol. The number of nitro benzene ring substituents is 1. The second kappa shape index (κ2) is 5.86. The van der Waals surface area contributed by atoms with Crippen molar-refractivity contribution in [3.63, 3.8) is 0 Å². The first-order valence-corrected chi connectivity index (χ1v) is 7.82. The summed E-state index contributed by atoms with van der Waals surface area (Å²) in [5.41, 5.74) is -0.122. The Kier molecular flexibility index (Phi) is 4.36. The molecule has 1 aliphatic heterocycles. The Morgan fingerprint density at radius 2 is 1.80 bits per heavy atom. The number of benzene rings is 1. The van der Waals surface area contributed by atoms with Gasteiger partial charge in [-0.1, -0.05) is 0 Å². The van der Waals surface area contributed by atoms with Gasteiger partial charge in [0.05, 0.1) is 9.82 Å². The lowest BCUT2D eigenvalue weighted by Gasteiger charge is -2.29. The Balaban J connectivity index is 2.08. The normalized spacial score (nSPS) is 18.1. The molecule has 1 N–H and O–H groups in total. The highest BCUT2D eigenvalue weighted by molar-refractivity contribution is 7.89. The Hall–Kier alpha value is -1.51. The fourth-order valence-corrected chi connectivity index (χ4v) is 3.47. The second-order valence-electron chi connectivity index (χ2n) is 4.95. The molecule has 1 saturated heterocycles. The Morgan fingerprint density at radius 3 is 2.30 bits per heavy atom. The molecule has 0 bridgehead atoms. The molecule has 2 rings (SSSR count). The minimum atomic E-state index is -3.61. The van der Waals surface area contributed by atoms with Gasteiger partial charge in [-0.05, 0) is 45.1 Å². The van der Waals surface area contributed by atoms with Crippen LogP contribution in [0, 0.1) is 10.1 Å². The predicted octanol–water partition coefficient (Wildman–Crippen LogP) is 0.967. The Bertz CT molecular complexity index is 577. The van der Waals surface area contributed by atoms with Gasteiger partial charge < -0.3 is 4.90 Å². The highest BCUT2D eigenvalue weighted by atomic mass is 32.2. The molecule has 0 atom stereocenters. The van der Waals surface area contributed by atoms with Gasteiger partial charge >= 0.3 is 0 Å². The standard InChI is InChI=1S/C12H17N3O4S/c1-14-8-6-10(7-9-14)13-20(18,19)12-4-2-11(3-5-12)15(16)17/h2-5,10,13H,6-9H2,1H3. The highest BCUT2D eigenvalue weighted by Crippen LogP contribution is 2.17. The summed E-state index contributed by atoms with van der Waals surface area (Å²) in [6, 6.07) is 4.84. The number of rotatable bonds is 4. The van der Waals surface area contributed by atoms with Crippen LogP contribution in [0.1, 0.15) is 12.8 Å². The zero-order valence-corrected chi connectivity index (χ0v) is 12.0. The van der Waals surface area contributed by atoms with Gasteiger partial charge in [-0.15, -0.1) is 0 Å². The van der Waals surface area contributed by atoms with Crippen LogP contribution in [0.3, 0.4) is 0 Å². The lowest BCUT2D eigenvalue weighted by molar-refractivity contribution is -0.384. The van der Waals surface area contributed by atoms with Crippen molar-refractivity contribution in [1.29, 1.82) is 0 Å². The minimum Gasteiger partial charge on any atom is -0.306 e. The van der Waals surface area contributed by atoms with Crippen LogP contribution in [0.2, 0.25) is 0 Å². The number of non-ortho nitro benzene ring substituents is 1. The maximum atomic E-state index is 12.2. The van der Waals surface area contributed by atoms with Gasteiger partial charge in [0.2, 0.25) is 10.0 Å². The molecule has 0 amide bonds. The fourth-order valence-electron chi connectivity index (χ4n) is 2.16. The molecule has 0 radical (unpaired) electrons. The van der Waals surface area contributed by atoms with Crippen molar-refractivity contribution in [2.24, 2.45) is 0 Å². The lowest BCUT2D eigenvalue weighted by atomic mass is 10.1. The summed E-state index contributed by atoms with van der Waals surface area (Å²) in [5, 5.41) is 10.5. The van der Waals surface area contributed by atoms with E-state index in [0.717, 1.165) is 25.9 Å². The van der Waals surface area contributed by atoms with Crippen LogP contribution in [-0.4, -0.2) is 44.4 Å². The molecule has 20 heavy (non-hydrogen) atoms. The summed E-state index contributed by atoms with van der Waals surface area (Å²) in [6.07, 6.45) is 1.53. The number of piperidine rings is 1. The van der Waals surface area contributed by atoms with E-state index in [2.05, 4.69) is 9.62 Å². The van der Waals surface area contributed by atoms with Gasteiger partial charge in [0.25, 0.3) is 5.69 Å². The number of hydrogen-bond acceptors (Lipinski definition) is 5. The summed E-state index contributed by atoms with van der Waals surface area (Å²) in [6.45, 7) is 1.71. The van der Waals surface area contributed by atoms with E-state index in [-0.39, 0.29) is 16.6 Å². The Labute approximate surface area is 117 Å². The van der Waals surface area contributed by atoms with E-state index in [4.69, 9.17) is 0 Å². The summed E-state index contributed by atoms with van der Waals surface area (Å²) < 4.78 is 27.0. The molecule has 8 heteroatoms. The van der Waals surface area contributed by atoms with Gasteiger partial charge in [0.15, 0.2) is 0 Å². The molecule has 1 aromatic rings. The summed E-state index contributed by atoms with van der Waals surface area (Å²) >= 11 is 0. The summed E-state index contributed by atoms with van der Waals surface area (Å²) in [7, 11) is -1.61. The van der Waals surface area contributed by atoms with Crippen LogP contribution in [-0.2, 0) is 10.0 Å². The zero-order chi connectivity index (χ0) is 14.8. The van der Waals surface area contributed by atoms with E-state index in [1.54, 1.807) is 0 Å². The number of likely N-dealkylation sites (tertiary alicyclic amines) is 1. The lowest BCUT2D eigenvalue weighted by Crippen LogP contribution is -2.43. The van der Waals surface area contributed by atoms with E-state index in [9.17, 15) is 18.5 Å². The first-order chi connectivity index (χ1) is 9.38. The van der Waals surface area contributed by atoms with Crippen molar-refractivity contribution in [3.8, 4) is 0 Å². The van der Waals surface area contributed by atoms with Crippen LogP contribution in [0.15, 0.2) is 29.2 Å². The van der Waals surface area contributed by atoms with E-state index >= 15 is 0 Å². The number of sulfonamides is 1.